The standard InChI is InChI=1S/C10H13F2NO/c1-10(2,12)9-7(6-14-13)4-3-5-8(9)11/h3-5H,6,13H2,1-2H3. The largest absolute Gasteiger partial charge is 0.300 e. The molecule has 1 aromatic carbocycles. The maximum Gasteiger partial charge on any atom is 0.133 e. The van der Waals surface area contributed by atoms with Crippen LogP contribution >= 0.6 is 0 Å². The molecular formula is C10H13F2NO. The number of benzene rings is 1. The molecule has 0 bridgehead atoms. The molecule has 0 aromatic heterocycles. The highest BCUT2D eigenvalue weighted by molar-refractivity contribution is 5.32. The fourth-order valence-electron chi connectivity index (χ4n) is 1.44. The second kappa shape index (κ2) is 4.02. The molecule has 0 radical (unpaired) electrons. The van der Waals surface area contributed by atoms with Crippen LogP contribution in [0.2, 0.25) is 0 Å². The van der Waals surface area contributed by atoms with Crippen molar-refractivity contribution < 1.29 is 13.6 Å². The lowest BCUT2D eigenvalue weighted by Crippen LogP contribution is -2.16. The Balaban J connectivity index is 3.22. The average Bonchev–Trinajstić information content (AvgIpc) is 2.02. The quantitative estimate of drug-likeness (QED) is 0.762. The zero-order chi connectivity index (χ0) is 10.8. The molecule has 1 rings (SSSR count). The number of hydrogen-bond acceptors (Lipinski definition) is 2. The molecule has 0 atom stereocenters. The van der Waals surface area contributed by atoms with Crippen LogP contribution in [0.3, 0.4) is 0 Å². The number of halogens is 2. The summed E-state index contributed by atoms with van der Waals surface area (Å²) in [7, 11) is 0. The molecule has 0 spiro atoms. The Morgan fingerprint density at radius 3 is 2.57 bits per heavy atom. The Hall–Kier alpha value is -1.00. The Morgan fingerprint density at radius 1 is 1.43 bits per heavy atom. The fourth-order valence-corrected chi connectivity index (χ4v) is 1.44. The molecule has 0 saturated carbocycles. The number of alkyl halides is 1. The van der Waals surface area contributed by atoms with Crippen molar-refractivity contribution in [1.82, 2.24) is 0 Å². The molecule has 0 aliphatic carbocycles. The van der Waals surface area contributed by atoms with Gasteiger partial charge in [0.15, 0.2) is 0 Å². The lowest BCUT2D eigenvalue weighted by Gasteiger charge is -2.19. The van der Waals surface area contributed by atoms with Crippen molar-refractivity contribution in [2.45, 2.75) is 26.1 Å². The van der Waals surface area contributed by atoms with E-state index in [1.54, 1.807) is 6.07 Å². The van der Waals surface area contributed by atoms with Crippen LogP contribution in [0.4, 0.5) is 8.78 Å². The highest BCUT2D eigenvalue weighted by Crippen LogP contribution is 2.30. The Labute approximate surface area is 81.6 Å². The van der Waals surface area contributed by atoms with Crippen LogP contribution in [0.1, 0.15) is 25.0 Å². The topological polar surface area (TPSA) is 35.2 Å². The summed E-state index contributed by atoms with van der Waals surface area (Å²) in [5.74, 6) is 4.30. The van der Waals surface area contributed by atoms with Gasteiger partial charge in [0.25, 0.3) is 0 Å². The van der Waals surface area contributed by atoms with E-state index in [0.29, 0.717) is 5.56 Å². The van der Waals surface area contributed by atoms with Gasteiger partial charge in [0.2, 0.25) is 0 Å². The molecule has 0 unspecified atom stereocenters. The molecule has 0 amide bonds. The van der Waals surface area contributed by atoms with Crippen molar-refractivity contribution in [3.05, 3.63) is 35.1 Å². The molecule has 0 aliphatic heterocycles. The van der Waals surface area contributed by atoms with Crippen LogP contribution < -0.4 is 5.90 Å². The van der Waals surface area contributed by atoms with E-state index in [0.717, 1.165) is 0 Å². The van der Waals surface area contributed by atoms with E-state index in [2.05, 4.69) is 4.84 Å². The average molecular weight is 201 g/mol. The summed E-state index contributed by atoms with van der Waals surface area (Å²) in [5.41, 5.74) is -1.30. The zero-order valence-electron chi connectivity index (χ0n) is 8.18. The highest BCUT2D eigenvalue weighted by Gasteiger charge is 2.26. The summed E-state index contributed by atoms with van der Waals surface area (Å²) in [6.07, 6.45) is 0. The minimum absolute atomic E-state index is 0.000440. The third-order valence-corrected chi connectivity index (χ3v) is 1.93. The Bertz CT molecular complexity index is 320. The van der Waals surface area contributed by atoms with Crippen LogP contribution in [-0.2, 0) is 17.1 Å². The number of nitrogens with two attached hydrogens (primary N) is 1. The summed E-state index contributed by atoms with van der Waals surface area (Å²) in [5, 5.41) is 0. The molecule has 0 fully saturated rings. The molecule has 0 aliphatic rings. The summed E-state index contributed by atoms with van der Waals surface area (Å²) >= 11 is 0. The predicted octanol–water partition coefficient (Wildman–Crippen LogP) is 2.42. The molecule has 78 valence electrons. The van der Waals surface area contributed by atoms with Gasteiger partial charge >= 0.3 is 0 Å². The molecule has 0 heterocycles. The first-order chi connectivity index (χ1) is 6.46. The fraction of sp³-hybridized carbons (Fsp3) is 0.400. The van der Waals surface area contributed by atoms with Gasteiger partial charge in [-0.25, -0.2) is 14.7 Å². The molecule has 1 aromatic rings. The summed E-state index contributed by atoms with van der Waals surface area (Å²) in [4.78, 5) is 4.39. The molecule has 4 heteroatoms. The van der Waals surface area contributed by atoms with E-state index >= 15 is 0 Å². The summed E-state index contributed by atoms with van der Waals surface area (Å²) in [6.45, 7) is 2.59. The zero-order valence-corrected chi connectivity index (χ0v) is 8.18. The van der Waals surface area contributed by atoms with Crippen molar-refractivity contribution >= 4 is 0 Å². The third kappa shape index (κ3) is 2.27. The van der Waals surface area contributed by atoms with E-state index in [4.69, 9.17) is 5.90 Å². The van der Waals surface area contributed by atoms with Crippen molar-refractivity contribution in [2.24, 2.45) is 5.90 Å². The molecule has 14 heavy (non-hydrogen) atoms. The predicted molar refractivity (Wildman–Crippen MR) is 49.5 cm³/mol. The maximum atomic E-state index is 13.6. The van der Waals surface area contributed by atoms with Gasteiger partial charge in [0, 0.05) is 5.56 Å². The van der Waals surface area contributed by atoms with Gasteiger partial charge in [0.05, 0.1) is 6.61 Å². The minimum Gasteiger partial charge on any atom is -0.300 e. The van der Waals surface area contributed by atoms with E-state index < -0.39 is 11.5 Å². The Kier molecular flexibility index (Phi) is 3.18. The van der Waals surface area contributed by atoms with E-state index in [1.807, 2.05) is 0 Å². The van der Waals surface area contributed by atoms with Gasteiger partial charge in [-0.2, -0.15) is 0 Å². The summed E-state index contributed by atoms with van der Waals surface area (Å²) in [6, 6.07) is 4.31. The molecule has 2 nitrogen and oxygen atoms in total. The van der Waals surface area contributed by atoms with E-state index in [1.165, 1.54) is 26.0 Å². The van der Waals surface area contributed by atoms with Crippen molar-refractivity contribution in [3.8, 4) is 0 Å². The van der Waals surface area contributed by atoms with Crippen molar-refractivity contribution in [1.29, 1.82) is 0 Å². The molecule has 0 saturated heterocycles. The van der Waals surface area contributed by atoms with Gasteiger partial charge in [-0.3, -0.25) is 4.84 Å². The van der Waals surface area contributed by atoms with Gasteiger partial charge in [-0.15, -0.1) is 0 Å². The lowest BCUT2D eigenvalue weighted by molar-refractivity contribution is 0.118. The normalized spacial score (nSPS) is 11.8. The molecule has 2 N–H and O–H groups in total. The monoisotopic (exact) mass is 201 g/mol. The van der Waals surface area contributed by atoms with Crippen molar-refractivity contribution in [2.75, 3.05) is 0 Å². The van der Waals surface area contributed by atoms with Crippen LogP contribution in [0.15, 0.2) is 18.2 Å². The first-order valence-corrected chi connectivity index (χ1v) is 4.25. The number of rotatable bonds is 3. The lowest BCUT2D eigenvalue weighted by atomic mass is 9.94. The number of hydrogen-bond donors (Lipinski definition) is 1. The highest BCUT2D eigenvalue weighted by atomic mass is 19.1. The van der Waals surface area contributed by atoms with Crippen LogP contribution in [0, 0.1) is 5.82 Å². The Morgan fingerprint density at radius 2 is 2.07 bits per heavy atom. The van der Waals surface area contributed by atoms with E-state index in [9.17, 15) is 8.78 Å². The first kappa shape index (κ1) is 11.1. The first-order valence-electron chi connectivity index (χ1n) is 4.25. The SMILES string of the molecule is CC(C)(F)c1c(F)cccc1CON. The van der Waals surface area contributed by atoms with Gasteiger partial charge < -0.3 is 0 Å². The van der Waals surface area contributed by atoms with Gasteiger partial charge in [-0.1, -0.05) is 12.1 Å². The molecular weight excluding hydrogens is 188 g/mol. The maximum absolute atomic E-state index is 13.6. The summed E-state index contributed by atoms with van der Waals surface area (Å²) < 4.78 is 27.0. The smallest absolute Gasteiger partial charge is 0.133 e. The third-order valence-electron chi connectivity index (χ3n) is 1.93. The van der Waals surface area contributed by atoms with Crippen LogP contribution in [0.5, 0.6) is 0 Å². The van der Waals surface area contributed by atoms with Gasteiger partial charge in [-0.05, 0) is 25.5 Å². The van der Waals surface area contributed by atoms with E-state index in [-0.39, 0.29) is 12.2 Å². The second-order valence-electron chi connectivity index (χ2n) is 3.56. The van der Waals surface area contributed by atoms with Crippen LogP contribution in [-0.4, -0.2) is 0 Å². The minimum atomic E-state index is -1.74. The van der Waals surface area contributed by atoms with Crippen LogP contribution in [0.25, 0.3) is 0 Å². The van der Waals surface area contributed by atoms with Gasteiger partial charge in [0.1, 0.15) is 11.5 Å². The van der Waals surface area contributed by atoms with Crippen molar-refractivity contribution in [3.63, 3.8) is 0 Å². The second-order valence-corrected chi connectivity index (χ2v) is 3.56.